The highest BCUT2D eigenvalue weighted by molar-refractivity contribution is 7.13. The van der Waals surface area contributed by atoms with Gasteiger partial charge in [0.2, 0.25) is 0 Å². The molecule has 1 saturated heterocycles. The van der Waals surface area contributed by atoms with Crippen LogP contribution in [0, 0.1) is 25.7 Å². The van der Waals surface area contributed by atoms with Crippen LogP contribution in [-0.2, 0) is 9.53 Å². The SMILES string of the molecule is COC(=O)[C@@H]1[C@H]2CCC[C@H]2CN1C(=O)c1sc(C)nc1C. The number of aromatic nitrogens is 1. The molecule has 3 rings (SSSR count). The molecule has 2 fully saturated rings. The van der Waals surface area contributed by atoms with Crippen molar-refractivity contribution in [3.8, 4) is 0 Å². The van der Waals surface area contributed by atoms with Crippen LogP contribution in [0.2, 0.25) is 0 Å². The van der Waals surface area contributed by atoms with Crippen molar-refractivity contribution in [3.05, 3.63) is 15.6 Å². The van der Waals surface area contributed by atoms with Crippen molar-refractivity contribution in [2.45, 2.75) is 39.2 Å². The Morgan fingerprint density at radius 1 is 1.33 bits per heavy atom. The van der Waals surface area contributed by atoms with Crippen LogP contribution in [0.5, 0.6) is 0 Å². The number of hydrogen-bond acceptors (Lipinski definition) is 5. The number of aryl methyl sites for hydroxylation is 2. The lowest BCUT2D eigenvalue weighted by Gasteiger charge is -2.25. The van der Waals surface area contributed by atoms with E-state index in [1.54, 1.807) is 4.90 Å². The van der Waals surface area contributed by atoms with Gasteiger partial charge in [0.05, 0.1) is 17.8 Å². The summed E-state index contributed by atoms with van der Waals surface area (Å²) in [6.45, 7) is 4.41. The van der Waals surface area contributed by atoms with Crippen LogP contribution in [0.3, 0.4) is 0 Å². The molecule has 114 valence electrons. The maximum atomic E-state index is 12.8. The van der Waals surface area contributed by atoms with Gasteiger partial charge in [0, 0.05) is 6.54 Å². The summed E-state index contributed by atoms with van der Waals surface area (Å²) in [7, 11) is 1.40. The van der Waals surface area contributed by atoms with Crippen molar-refractivity contribution in [3.63, 3.8) is 0 Å². The Kier molecular flexibility index (Phi) is 3.73. The first kappa shape index (κ1) is 14.5. The Hall–Kier alpha value is -1.43. The molecule has 0 aromatic carbocycles. The number of esters is 1. The van der Waals surface area contributed by atoms with Crippen molar-refractivity contribution < 1.29 is 14.3 Å². The fourth-order valence-corrected chi connectivity index (χ4v) is 4.67. The minimum atomic E-state index is -0.420. The normalized spacial score (nSPS) is 27.8. The first-order valence-corrected chi connectivity index (χ1v) is 8.17. The van der Waals surface area contributed by atoms with E-state index in [9.17, 15) is 9.59 Å². The lowest BCUT2D eigenvalue weighted by molar-refractivity contribution is -0.146. The van der Waals surface area contributed by atoms with Gasteiger partial charge >= 0.3 is 5.97 Å². The molecular weight excluding hydrogens is 288 g/mol. The van der Waals surface area contributed by atoms with Crippen LogP contribution in [0.15, 0.2) is 0 Å². The van der Waals surface area contributed by atoms with E-state index in [-0.39, 0.29) is 17.8 Å². The van der Waals surface area contributed by atoms with Gasteiger partial charge in [-0.15, -0.1) is 11.3 Å². The summed E-state index contributed by atoms with van der Waals surface area (Å²) in [5.74, 6) is 0.350. The Morgan fingerprint density at radius 3 is 2.71 bits per heavy atom. The fourth-order valence-electron chi connectivity index (χ4n) is 3.80. The first-order valence-electron chi connectivity index (χ1n) is 7.35. The molecule has 2 aliphatic rings. The third-order valence-corrected chi connectivity index (χ3v) is 5.75. The number of carbonyl (C=O) groups is 2. The summed E-state index contributed by atoms with van der Waals surface area (Å²) in [4.78, 5) is 31.7. The van der Waals surface area contributed by atoms with E-state index in [2.05, 4.69) is 4.98 Å². The number of thiazole rings is 1. The molecule has 0 N–H and O–H groups in total. The van der Waals surface area contributed by atoms with Gasteiger partial charge < -0.3 is 9.64 Å². The van der Waals surface area contributed by atoms with E-state index in [0.29, 0.717) is 17.3 Å². The van der Waals surface area contributed by atoms with Crippen LogP contribution >= 0.6 is 11.3 Å². The molecule has 1 aliphatic heterocycles. The quantitative estimate of drug-likeness (QED) is 0.786. The lowest BCUT2D eigenvalue weighted by atomic mass is 9.94. The molecule has 3 atom stereocenters. The number of hydrogen-bond donors (Lipinski definition) is 0. The van der Waals surface area contributed by atoms with E-state index in [1.807, 2.05) is 13.8 Å². The van der Waals surface area contributed by atoms with Gasteiger partial charge in [-0.2, -0.15) is 0 Å². The van der Waals surface area contributed by atoms with Gasteiger partial charge in [-0.3, -0.25) is 4.79 Å². The van der Waals surface area contributed by atoms with Crippen molar-refractivity contribution in [2.75, 3.05) is 13.7 Å². The lowest BCUT2D eigenvalue weighted by Crippen LogP contribution is -2.43. The third-order valence-electron chi connectivity index (χ3n) is 4.69. The summed E-state index contributed by atoms with van der Waals surface area (Å²) >= 11 is 1.40. The molecule has 1 aromatic heterocycles. The minimum absolute atomic E-state index is 0.0668. The fraction of sp³-hybridized carbons (Fsp3) is 0.667. The molecule has 1 aromatic rings. The molecule has 6 heteroatoms. The second-order valence-corrected chi connectivity index (χ2v) is 7.13. The highest BCUT2D eigenvalue weighted by Gasteiger charge is 2.50. The van der Waals surface area contributed by atoms with E-state index in [0.717, 1.165) is 30.0 Å². The van der Waals surface area contributed by atoms with Crippen molar-refractivity contribution in [1.29, 1.82) is 0 Å². The molecule has 5 nitrogen and oxygen atoms in total. The van der Waals surface area contributed by atoms with Crippen molar-refractivity contribution >= 4 is 23.2 Å². The Labute approximate surface area is 128 Å². The maximum absolute atomic E-state index is 12.8. The second kappa shape index (κ2) is 5.40. The summed E-state index contributed by atoms with van der Waals surface area (Å²) < 4.78 is 4.95. The highest BCUT2D eigenvalue weighted by Crippen LogP contribution is 2.43. The Morgan fingerprint density at radius 2 is 2.10 bits per heavy atom. The van der Waals surface area contributed by atoms with E-state index in [4.69, 9.17) is 4.74 Å². The number of fused-ring (bicyclic) bond motifs is 1. The molecule has 0 spiro atoms. The number of methoxy groups -OCH3 is 1. The van der Waals surface area contributed by atoms with Gasteiger partial charge in [0.25, 0.3) is 5.91 Å². The zero-order chi connectivity index (χ0) is 15.1. The topological polar surface area (TPSA) is 59.5 Å². The smallest absolute Gasteiger partial charge is 0.328 e. The van der Waals surface area contributed by atoms with Gasteiger partial charge in [0.15, 0.2) is 0 Å². The summed E-state index contributed by atoms with van der Waals surface area (Å²) in [5, 5.41) is 0.879. The van der Waals surface area contributed by atoms with Gasteiger partial charge in [-0.1, -0.05) is 6.42 Å². The monoisotopic (exact) mass is 308 g/mol. The predicted octanol–water partition coefficient (Wildman–Crippen LogP) is 2.17. The van der Waals surface area contributed by atoms with Crippen molar-refractivity contribution in [2.24, 2.45) is 11.8 Å². The standard InChI is InChI=1S/C15H20N2O3S/c1-8-13(21-9(2)16-8)14(18)17-7-10-5-4-6-11(10)12(17)15(19)20-3/h10-12H,4-7H2,1-3H3/t10-,11-,12-/m0/s1. The average molecular weight is 308 g/mol. The van der Waals surface area contributed by atoms with Gasteiger partial charge in [-0.25, -0.2) is 9.78 Å². The van der Waals surface area contributed by atoms with Gasteiger partial charge in [-0.05, 0) is 38.5 Å². The zero-order valence-electron chi connectivity index (χ0n) is 12.6. The largest absolute Gasteiger partial charge is 0.467 e. The van der Waals surface area contributed by atoms with E-state index in [1.165, 1.54) is 18.4 Å². The second-order valence-electron chi connectivity index (χ2n) is 5.93. The number of rotatable bonds is 2. The van der Waals surface area contributed by atoms with Gasteiger partial charge in [0.1, 0.15) is 10.9 Å². The minimum Gasteiger partial charge on any atom is -0.467 e. The van der Waals surface area contributed by atoms with Crippen molar-refractivity contribution in [1.82, 2.24) is 9.88 Å². The molecule has 1 saturated carbocycles. The number of likely N-dealkylation sites (tertiary alicyclic amines) is 1. The summed E-state index contributed by atoms with van der Waals surface area (Å²) in [5.41, 5.74) is 0.753. The third kappa shape index (κ3) is 2.35. The van der Waals surface area contributed by atoms with Crippen LogP contribution in [0.1, 0.15) is 39.6 Å². The van der Waals surface area contributed by atoms with E-state index < -0.39 is 6.04 Å². The highest BCUT2D eigenvalue weighted by atomic mass is 32.1. The van der Waals surface area contributed by atoms with Crippen LogP contribution < -0.4 is 0 Å². The Bertz CT molecular complexity index is 583. The van der Waals surface area contributed by atoms with Crippen LogP contribution in [0.25, 0.3) is 0 Å². The Balaban J connectivity index is 1.91. The molecule has 21 heavy (non-hydrogen) atoms. The molecular formula is C15H20N2O3S. The zero-order valence-corrected chi connectivity index (χ0v) is 13.4. The molecule has 2 heterocycles. The molecule has 0 unspecified atom stereocenters. The molecule has 1 aliphatic carbocycles. The number of carbonyl (C=O) groups excluding carboxylic acids is 2. The van der Waals surface area contributed by atoms with Crippen LogP contribution in [-0.4, -0.2) is 41.5 Å². The summed E-state index contributed by atoms with van der Waals surface area (Å²) in [6.07, 6.45) is 3.25. The summed E-state index contributed by atoms with van der Waals surface area (Å²) in [6, 6.07) is -0.420. The van der Waals surface area contributed by atoms with Crippen LogP contribution in [0.4, 0.5) is 0 Å². The molecule has 1 amide bonds. The number of ether oxygens (including phenoxy) is 1. The average Bonchev–Trinajstić information content (AvgIpc) is 3.10. The molecule has 0 radical (unpaired) electrons. The van der Waals surface area contributed by atoms with E-state index >= 15 is 0 Å². The predicted molar refractivity (Wildman–Crippen MR) is 79.3 cm³/mol. The molecule has 0 bridgehead atoms. The number of amides is 1. The number of nitrogens with zero attached hydrogens (tertiary/aromatic N) is 2. The first-order chi connectivity index (χ1) is 10.0. The maximum Gasteiger partial charge on any atom is 0.328 e.